The highest BCUT2D eigenvalue weighted by molar-refractivity contribution is 6.04. The van der Waals surface area contributed by atoms with E-state index in [4.69, 9.17) is 0 Å². The van der Waals surface area contributed by atoms with Gasteiger partial charge in [-0.25, -0.2) is 8.78 Å². The Labute approximate surface area is 102 Å². The molecule has 0 saturated carbocycles. The summed E-state index contributed by atoms with van der Waals surface area (Å²) < 4.78 is 25.9. The van der Waals surface area contributed by atoms with Crippen molar-refractivity contribution >= 4 is 11.7 Å². The largest absolute Gasteiger partial charge is 0.307 e. The van der Waals surface area contributed by atoms with Crippen LogP contribution in [-0.2, 0) is 6.42 Å². The van der Waals surface area contributed by atoms with Gasteiger partial charge in [-0.05, 0) is 18.6 Å². The first-order valence-corrected chi connectivity index (χ1v) is 5.40. The Morgan fingerprint density at radius 2 is 2.00 bits per heavy atom. The lowest BCUT2D eigenvalue weighted by Gasteiger charge is -2.05. The molecule has 1 heterocycles. The molecule has 0 aliphatic rings. The van der Waals surface area contributed by atoms with Crippen LogP contribution in [0.1, 0.15) is 22.8 Å². The maximum Gasteiger partial charge on any atom is 0.257 e. The molecule has 0 unspecified atom stereocenters. The molecule has 1 amide bonds. The summed E-state index contributed by atoms with van der Waals surface area (Å²) in [6.45, 7) is 1.91. The molecule has 18 heavy (non-hydrogen) atoms. The van der Waals surface area contributed by atoms with Crippen LogP contribution < -0.4 is 5.32 Å². The molecule has 2 N–H and O–H groups in total. The lowest BCUT2D eigenvalue weighted by molar-refractivity contribution is 0.102. The van der Waals surface area contributed by atoms with E-state index in [1.165, 1.54) is 0 Å². The quantitative estimate of drug-likeness (QED) is 0.880. The topological polar surface area (TPSA) is 57.8 Å². The van der Waals surface area contributed by atoms with E-state index < -0.39 is 17.5 Å². The second kappa shape index (κ2) is 4.95. The van der Waals surface area contributed by atoms with E-state index in [1.807, 2.05) is 6.92 Å². The summed E-state index contributed by atoms with van der Waals surface area (Å²) in [5, 5.41) is 8.93. The van der Waals surface area contributed by atoms with Gasteiger partial charge in [0, 0.05) is 17.2 Å². The highest BCUT2D eigenvalue weighted by Gasteiger charge is 2.12. The summed E-state index contributed by atoms with van der Waals surface area (Å²) >= 11 is 0. The number of rotatable bonds is 3. The van der Waals surface area contributed by atoms with E-state index in [1.54, 1.807) is 6.20 Å². The predicted molar refractivity (Wildman–Crippen MR) is 62.3 cm³/mol. The fourth-order valence-corrected chi connectivity index (χ4v) is 1.56. The van der Waals surface area contributed by atoms with Crippen LogP contribution in [-0.4, -0.2) is 16.1 Å². The van der Waals surface area contributed by atoms with E-state index in [2.05, 4.69) is 15.5 Å². The number of halogens is 2. The molecule has 4 nitrogen and oxygen atoms in total. The minimum absolute atomic E-state index is 0.0795. The third kappa shape index (κ3) is 2.53. The molecule has 0 bridgehead atoms. The molecule has 2 rings (SSSR count). The first-order chi connectivity index (χ1) is 8.60. The molecule has 0 fully saturated rings. The molecule has 94 valence electrons. The van der Waals surface area contributed by atoms with Crippen LogP contribution in [0.15, 0.2) is 24.4 Å². The number of aryl methyl sites for hydroxylation is 1. The van der Waals surface area contributed by atoms with Gasteiger partial charge in [0.25, 0.3) is 5.91 Å². The second-order valence-electron chi connectivity index (χ2n) is 3.74. The first-order valence-electron chi connectivity index (χ1n) is 5.40. The van der Waals surface area contributed by atoms with Crippen LogP contribution in [0, 0.1) is 11.6 Å². The van der Waals surface area contributed by atoms with Crippen LogP contribution in [0.4, 0.5) is 14.6 Å². The molecule has 2 aromatic rings. The number of hydrogen-bond donors (Lipinski definition) is 2. The van der Waals surface area contributed by atoms with E-state index >= 15 is 0 Å². The molecule has 0 aliphatic heterocycles. The number of anilines is 1. The van der Waals surface area contributed by atoms with Crippen molar-refractivity contribution in [2.75, 3.05) is 5.32 Å². The van der Waals surface area contributed by atoms with Gasteiger partial charge in [-0.15, -0.1) is 0 Å². The van der Waals surface area contributed by atoms with Gasteiger partial charge in [0.1, 0.15) is 17.5 Å². The molecule has 0 radical (unpaired) electrons. The number of amides is 1. The van der Waals surface area contributed by atoms with Gasteiger partial charge < -0.3 is 5.32 Å². The van der Waals surface area contributed by atoms with Crippen molar-refractivity contribution in [3.05, 3.63) is 47.2 Å². The molecule has 0 saturated heterocycles. The Balaban J connectivity index is 2.22. The summed E-state index contributed by atoms with van der Waals surface area (Å²) in [4.78, 5) is 11.8. The van der Waals surface area contributed by atoms with E-state index in [-0.39, 0.29) is 5.56 Å². The Kier molecular flexibility index (Phi) is 3.36. The van der Waals surface area contributed by atoms with Crippen LogP contribution in [0.25, 0.3) is 0 Å². The third-order valence-electron chi connectivity index (χ3n) is 2.46. The Morgan fingerprint density at radius 1 is 1.33 bits per heavy atom. The van der Waals surface area contributed by atoms with Crippen molar-refractivity contribution < 1.29 is 13.6 Å². The summed E-state index contributed by atoms with van der Waals surface area (Å²) in [5.74, 6) is -1.74. The number of H-pyrrole nitrogens is 1. The molecule has 0 atom stereocenters. The Bertz CT molecular complexity index is 560. The maximum atomic E-state index is 13.0. The van der Waals surface area contributed by atoms with Gasteiger partial charge >= 0.3 is 0 Å². The van der Waals surface area contributed by atoms with Gasteiger partial charge in [-0.3, -0.25) is 9.89 Å². The van der Waals surface area contributed by atoms with Crippen LogP contribution in [0.3, 0.4) is 0 Å². The molecular formula is C12H11F2N3O. The van der Waals surface area contributed by atoms with Crippen molar-refractivity contribution in [2.45, 2.75) is 13.3 Å². The van der Waals surface area contributed by atoms with E-state index in [0.717, 1.165) is 17.7 Å². The number of carbonyl (C=O) groups is 1. The number of nitrogens with zero attached hydrogens (tertiary/aromatic N) is 1. The van der Waals surface area contributed by atoms with Gasteiger partial charge in [0.05, 0.1) is 6.20 Å². The molecule has 1 aromatic heterocycles. The number of aromatic amines is 1. The molecule has 1 aromatic carbocycles. The van der Waals surface area contributed by atoms with Gasteiger partial charge in [0.15, 0.2) is 0 Å². The fraction of sp³-hybridized carbons (Fsp3) is 0.167. The standard InChI is InChI=1S/C12H11F2N3O/c1-2-7-6-15-17-11(7)16-12(18)8-3-9(13)5-10(14)4-8/h3-6H,2H2,1H3,(H2,15,16,17,18). The summed E-state index contributed by atoms with van der Waals surface area (Å²) in [7, 11) is 0. The van der Waals surface area contributed by atoms with Gasteiger partial charge in [-0.2, -0.15) is 5.10 Å². The fourth-order valence-electron chi connectivity index (χ4n) is 1.56. The number of benzene rings is 1. The van der Waals surface area contributed by atoms with Crippen molar-refractivity contribution in [1.82, 2.24) is 10.2 Å². The predicted octanol–water partition coefficient (Wildman–Crippen LogP) is 2.50. The SMILES string of the molecule is CCc1cn[nH]c1NC(=O)c1cc(F)cc(F)c1. The molecule has 6 heteroatoms. The average Bonchev–Trinajstić information content (AvgIpc) is 2.75. The highest BCUT2D eigenvalue weighted by Crippen LogP contribution is 2.14. The smallest absolute Gasteiger partial charge is 0.257 e. The highest BCUT2D eigenvalue weighted by atomic mass is 19.1. The number of nitrogens with one attached hydrogen (secondary N) is 2. The van der Waals surface area contributed by atoms with Gasteiger partial charge in [-0.1, -0.05) is 6.92 Å². The van der Waals surface area contributed by atoms with Crippen molar-refractivity contribution in [3.63, 3.8) is 0 Å². The normalized spacial score (nSPS) is 10.4. The second-order valence-corrected chi connectivity index (χ2v) is 3.74. The first kappa shape index (κ1) is 12.2. The summed E-state index contributed by atoms with van der Waals surface area (Å²) in [5.41, 5.74) is 0.740. The van der Waals surface area contributed by atoms with E-state index in [0.29, 0.717) is 18.3 Å². The zero-order chi connectivity index (χ0) is 13.1. The maximum absolute atomic E-state index is 13.0. The number of aromatic nitrogens is 2. The minimum Gasteiger partial charge on any atom is -0.307 e. The molecular weight excluding hydrogens is 240 g/mol. The average molecular weight is 251 g/mol. The lowest BCUT2D eigenvalue weighted by Crippen LogP contribution is -2.14. The number of hydrogen-bond acceptors (Lipinski definition) is 2. The molecule has 0 aliphatic carbocycles. The molecule has 0 spiro atoms. The van der Waals surface area contributed by atoms with Crippen molar-refractivity contribution in [3.8, 4) is 0 Å². The van der Waals surface area contributed by atoms with Crippen LogP contribution in [0.2, 0.25) is 0 Å². The van der Waals surface area contributed by atoms with Crippen molar-refractivity contribution in [2.24, 2.45) is 0 Å². The van der Waals surface area contributed by atoms with Gasteiger partial charge in [0.2, 0.25) is 0 Å². The summed E-state index contributed by atoms with van der Waals surface area (Å²) in [6, 6.07) is 2.66. The Hall–Kier alpha value is -2.24. The Morgan fingerprint density at radius 3 is 2.61 bits per heavy atom. The third-order valence-corrected chi connectivity index (χ3v) is 2.46. The van der Waals surface area contributed by atoms with Crippen molar-refractivity contribution in [1.29, 1.82) is 0 Å². The zero-order valence-corrected chi connectivity index (χ0v) is 9.63. The van der Waals surface area contributed by atoms with E-state index in [9.17, 15) is 13.6 Å². The lowest BCUT2D eigenvalue weighted by atomic mass is 10.2. The zero-order valence-electron chi connectivity index (χ0n) is 9.63. The number of carbonyl (C=O) groups excluding carboxylic acids is 1. The van der Waals surface area contributed by atoms with Crippen LogP contribution in [0.5, 0.6) is 0 Å². The summed E-state index contributed by atoms with van der Waals surface area (Å²) in [6.07, 6.45) is 2.27. The monoisotopic (exact) mass is 251 g/mol. The minimum atomic E-state index is -0.791. The van der Waals surface area contributed by atoms with Crippen LogP contribution >= 0.6 is 0 Å².